The topological polar surface area (TPSA) is 65.3 Å². The Morgan fingerprint density at radius 1 is 1.44 bits per heavy atom. The van der Waals surface area contributed by atoms with Gasteiger partial charge in [0.2, 0.25) is 0 Å². The lowest BCUT2D eigenvalue weighted by molar-refractivity contribution is 0.286. The zero-order valence-electron chi connectivity index (χ0n) is 9.36. The highest BCUT2D eigenvalue weighted by molar-refractivity contribution is 5.66. The van der Waals surface area contributed by atoms with Gasteiger partial charge in [-0.2, -0.15) is 5.26 Å². The Kier molecular flexibility index (Phi) is 5.17. The van der Waals surface area contributed by atoms with E-state index in [4.69, 9.17) is 15.1 Å². The summed E-state index contributed by atoms with van der Waals surface area (Å²) in [5.41, 5.74) is 1.30. The number of methoxy groups -OCH3 is 1. The number of ether oxygens (including phenoxy) is 1. The van der Waals surface area contributed by atoms with Crippen LogP contribution in [0.15, 0.2) is 18.2 Å². The number of aliphatic hydroxyl groups excluding tert-OH is 1. The Hall–Kier alpha value is -1.73. The van der Waals surface area contributed by atoms with E-state index in [2.05, 4.69) is 11.4 Å². The SMILES string of the molecule is COc1cccc(C#N)c1NCCCCO. The van der Waals surface area contributed by atoms with E-state index in [0.29, 0.717) is 11.3 Å². The van der Waals surface area contributed by atoms with Crippen LogP contribution >= 0.6 is 0 Å². The Bertz CT molecular complexity index is 372. The second-order valence-corrected chi connectivity index (χ2v) is 3.35. The third-order valence-corrected chi connectivity index (χ3v) is 2.25. The van der Waals surface area contributed by atoms with Crippen molar-refractivity contribution < 1.29 is 9.84 Å². The Morgan fingerprint density at radius 2 is 2.25 bits per heavy atom. The normalized spacial score (nSPS) is 9.56. The molecule has 16 heavy (non-hydrogen) atoms. The number of para-hydroxylation sites is 1. The van der Waals surface area contributed by atoms with Gasteiger partial charge in [0.15, 0.2) is 0 Å². The first-order chi connectivity index (χ1) is 7.83. The van der Waals surface area contributed by atoms with Crippen molar-refractivity contribution in [2.45, 2.75) is 12.8 Å². The van der Waals surface area contributed by atoms with Crippen LogP contribution in [0.4, 0.5) is 5.69 Å². The standard InChI is InChI=1S/C12H16N2O2/c1-16-11-6-4-5-10(9-13)12(11)14-7-2-3-8-15/h4-6,14-15H,2-3,7-8H2,1H3. The van der Waals surface area contributed by atoms with E-state index in [1.807, 2.05) is 6.07 Å². The van der Waals surface area contributed by atoms with Crippen LogP contribution in [0.5, 0.6) is 5.75 Å². The molecule has 1 aromatic rings. The third-order valence-electron chi connectivity index (χ3n) is 2.25. The highest BCUT2D eigenvalue weighted by atomic mass is 16.5. The fourth-order valence-electron chi connectivity index (χ4n) is 1.43. The summed E-state index contributed by atoms with van der Waals surface area (Å²) in [6.07, 6.45) is 1.61. The lowest BCUT2D eigenvalue weighted by Crippen LogP contribution is -2.05. The van der Waals surface area contributed by atoms with Crippen LogP contribution in [0.2, 0.25) is 0 Å². The summed E-state index contributed by atoms with van der Waals surface area (Å²) >= 11 is 0. The Balaban J connectivity index is 2.72. The van der Waals surface area contributed by atoms with Crippen molar-refractivity contribution in [2.24, 2.45) is 0 Å². The van der Waals surface area contributed by atoms with Crippen LogP contribution in [0, 0.1) is 11.3 Å². The van der Waals surface area contributed by atoms with Gasteiger partial charge in [-0.3, -0.25) is 0 Å². The van der Waals surface area contributed by atoms with Crippen molar-refractivity contribution in [1.29, 1.82) is 5.26 Å². The summed E-state index contributed by atoms with van der Waals surface area (Å²) in [6, 6.07) is 7.47. The summed E-state index contributed by atoms with van der Waals surface area (Å²) in [6.45, 7) is 0.911. The highest BCUT2D eigenvalue weighted by Crippen LogP contribution is 2.27. The van der Waals surface area contributed by atoms with Gasteiger partial charge >= 0.3 is 0 Å². The van der Waals surface area contributed by atoms with Crippen molar-refractivity contribution in [2.75, 3.05) is 25.6 Å². The molecule has 86 valence electrons. The Morgan fingerprint density at radius 3 is 2.88 bits per heavy atom. The number of nitrogens with one attached hydrogen (secondary N) is 1. The largest absolute Gasteiger partial charge is 0.495 e. The lowest BCUT2D eigenvalue weighted by Gasteiger charge is -2.12. The van der Waals surface area contributed by atoms with E-state index in [0.717, 1.165) is 25.1 Å². The van der Waals surface area contributed by atoms with Crippen LogP contribution < -0.4 is 10.1 Å². The highest BCUT2D eigenvalue weighted by Gasteiger charge is 2.07. The van der Waals surface area contributed by atoms with Crippen molar-refractivity contribution in [3.63, 3.8) is 0 Å². The summed E-state index contributed by atoms with van der Waals surface area (Å²) in [5.74, 6) is 0.669. The van der Waals surface area contributed by atoms with Crippen LogP contribution in [-0.4, -0.2) is 25.4 Å². The number of rotatable bonds is 6. The first-order valence-corrected chi connectivity index (χ1v) is 5.25. The molecule has 0 saturated carbocycles. The molecule has 2 N–H and O–H groups in total. The first kappa shape index (κ1) is 12.3. The van der Waals surface area contributed by atoms with E-state index in [9.17, 15) is 0 Å². The van der Waals surface area contributed by atoms with Crippen LogP contribution in [0.25, 0.3) is 0 Å². The number of hydrogen-bond acceptors (Lipinski definition) is 4. The molecule has 0 spiro atoms. The number of aliphatic hydroxyl groups is 1. The molecule has 0 radical (unpaired) electrons. The Labute approximate surface area is 95.5 Å². The minimum atomic E-state index is 0.193. The maximum Gasteiger partial charge on any atom is 0.143 e. The van der Waals surface area contributed by atoms with E-state index in [1.165, 1.54) is 0 Å². The second-order valence-electron chi connectivity index (χ2n) is 3.35. The zero-order chi connectivity index (χ0) is 11.8. The number of hydrogen-bond donors (Lipinski definition) is 2. The van der Waals surface area contributed by atoms with Crippen LogP contribution in [0.3, 0.4) is 0 Å². The number of unbranched alkanes of at least 4 members (excludes halogenated alkanes) is 1. The maximum atomic E-state index is 8.96. The molecule has 1 rings (SSSR count). The third kappa shape index (κ3) is 3.14. The quantitative estimate of drug-likeness (QED) is 0.717. The van der Waals surface area contributed by atoms with Gasteiger partial charge in [0.05, 0.1) is 18.4 Å². The molecular weight excluding hydrogens is 204 g/mol. The molecular formula is C12H16N2O2. The zero-order valence-corrected chi connectivity index (χ0v) is 9.36. The minimum absolute atomic E-state index is 0.193. The van der Waals surface area contributed by atoms with E-state index in [1.54, 1.807) is 19.2 Å². The predicted molar refractivity (Wildman–Crippen MR) is 62.5 cm³/mol. The molecule has 4 heteroatoms. The van der Waals surface area contributed by atoms with Crippen molar-refractivity contribution in [3.8, 4) is 11.8 Å². The second kappa shape index (κ2) is 6.70. The molecule has 0 aliphatic heterocycles. The summed E-state index contributed by atoms with van der Waals surface area (Å²) in [5, 5.41) is 20.8. The molecule has 0 heterocycles. The van der Waals surface area contributed by atoms with Gasteiger partial charge in [-0.05, 0) is 25.0 Å². The van der Waals surface area contributed by atoms with Crippen LogP contribution in [-0.2, 0) is 0 Å². The molecule has 0 fully saturated rings. The van der Waals surface area contributed by atoms with Crippen LogP contribution in [0.1, 0.15) is 18.4 Å². The molecule has 1 aromatic carbocycles. The van der Waals surface area contributed by atoms with Crippen molar-refractivity contribution >= 4 is 5.69 Å². The fourth-order valence-corrected chi connectivity index (χ4v) is 1.43. The number of anilines is 1. The molecule has 0 unspecified atom stereocenters. The first-order valence-electron chi connectivity index (χ1n) is 5.25. The molecule has 0 aromatic heterocycles. The average Bonchev–Trinajstić information content (AvgIpc) is 2.34. The van der Waals surface area contributed by atoms with Gasteiger partial charge in [0.25, 0.3) is 0 Å². The number of benzene rings is 1. The van der Waals surface area contributed by atoms with E-state index < -0.39 is 0 Å². The summed E-state index contributed by atoms with van der Waals surface area (Å²) in [7, 11) is 1.58. The smallest absolute Gasteiger partial charge is 0.143 e. The lowest BCUT2D eigenvalue weighted by atomic mass is 10.1. The van der Waals surface area contributed by atoms with E-state index in [-0.39, 0.29) is 6.61 Å². The fraction of sp³-hybridized carbons (Fsp3) is 0.417. The van der Waals surface area contributed by atoms with Crippen molar-refractivity contribution in [3.05, 3.63) is 23.8 Å². The molecule has 0 atom stereocenters. The van der Waals surface area contributed by atoms with Crippen molar-refractivity contribution in [1.82, 2.24) is 0 Å². The van der Waals surface area contributed by atoms with Gasteiger partial charge < -0.3 is 15.2 Å². The average molecular weight is 220 g/mol. The molecule has 0 saturated heterocycles. The van der Waals surface area contributed by atoms with Gasteiger partial charge in [-0.1, -0.05) is 6.07 Å². The van der Waals surface area contributed by atoms with Gasteiger partial charge in [-0.25, -0.2) is 0 Å². The summed E-state index contributed by atoms with van der Waals surface area (Å²) in [4.78, 5) is 0. The number of nitriles is 1. The number of nitrogens with zero attached hydrogens (tertiary/aromatic N) is 1. The minimum Gasteiger partial charge on any atom is -0.495 e. The maximum absolute atomic E-state index is 8.96. The monoisotopic (exact) mass is 220 g/mol. The van der Waals surface area contributed by atoms with Gasteiger partial charge in [-0.15, -0.1) is 0 Å². The molecule has 0 aliphatic carbocycles. The summed E-state index contributed by atoms with van der Waals surface area (Å²) < 4.78 is 5.18. The molecule has 0 aliphatic rings. The predicted octanol–water partition coefficient (Wildman–Crippen LogP) is 1.75. The van der Waals surface area contributed by atoms with Gasteiger partial charge in [0, 0.05) is 13.2 Å². The van der Waals surface area contributed by atoms with Gasteiger partial charge in [0.1, 0.15) is 11.8 Å². The molecule has 0 bridgehead atoms. The molecule has 0 amide bonds. The molecule has 4 nitrogen and oxygen atoms in total. The van der Waals surface area contributed by atoms with E-state index >= 15 is 0 Å².